The standard InChI is InChI=1S/C4H9NS.C4H8S2/c1-3-6-4-2-5-1;1-2-6-4-3-5-1/h5H,1-4H2;1-4H2. The SMILES string of the molecule is C1CSCCN1.C1CSCCS1. The summed E-state index contributed by atoms with van der Waals surface area (Å²) >= 11 is 6.18. The minimum atomic E-state index is 1.21. The summed E-state index contributed by atoms with van der Waals surface area (Å²) in [7, 11) is 0. The highest BCUT2D eigenvalue weighted by atomic mass is 32.2. The lowest BCUT2D eigenvalue weighted by molar-refractivity contribution is 0.756. The van der Waals surface area contributed by atoms with E-state index in [0.717, 1.165) is 0 Å². The predicted octanol–water partition coefficient (Wildman–Crippen LogP) is 1.79. The summed E-state index contributed by atoms with van der Waals surface area (Å²) in [6, 6.07) is 0. The van der Waals surface area contributed by atoms with E-state index in [1.54, 1.807) is 0 Å². The molecule has 0 aliphatic carbocycles. The fourth-order valence-corrected chi connectivity index (χ4v) is 4.03. The molecule has 0 aromatic carbocycles. The summed E-state index contributed by atoms with van der Waals surface area (Å²) in [4.78, 5) is 0. The highest BCUT2D eigenvalue weighted by molar-refractivity contribution is 8.06. The lowest BCUT2D eigenvalue weighted by atomic mass is 10.6. The normalized spacial score (nSPS) is 24.0. The molecule has 4 heteroatoms. The van der Waals surface area contributed by atoms with Crippen molar-refractivity contribution in [3.63, 3.8) is 0 Å². The van der Waals surface area contributed by atoms with Gasteiger partial charge in [0.2, 0.25) is 0 Å². The van der Waals surface area contributed by atoms with Gasteiger partial charge in [-0.15, -0.1) is 0 Å². The Hall–Kier alpha value is 1.01. The Morgan fingerprint density at radius 2 is 1.00 bits per heavy atom. The Balaban J connectivity index is 0.000000120. The van der Waals surface area contributed by atoms with Crippen LogP contribution in [0.15, 0.2) is 0 Å². The molecule has 0 saturated carbocycles. The maximum absolute atomic E-state index is 3.26. The first-order chi connectivity index (χ1) is 6.00. The van der Waals surface area contributed by atoms with Gasteiger partial charge < -0.3 is 5.32 Å². The summed E-state index contributed by atoms with van der Waals surface area (Å²) in [6.07, 6.45) is 0. The van der Waals surface area contributed by atoms with Gasteiger partial charge in [-0.1, -0.05) is 0 Å². The molecule has 72 valence electrons. The number of rotatable bonds is 0. The Labute approximate surface area is 88.2 Å². The summed E-state index contributed by atoms with van der Waals surface area (Å²) in [6.45, 7) is 2.43. The van der Waals surface area contributed by atoms with Crippen LogP contribution >= 0.6 is 35.3 Å². The quantitative estimate of drug-likeness (QED) is 0.671. The lowest BCUT2D eigenvalue weighted by Crippen LogP contribution is -2.24. The van der Waals surface area contributed by atoms with Crippen molar-refractivity contribution in [3.05, 3.63) is 0 Å². The van der Waals surface area contributed by atoms with Crippen molar-refractivity contribution in [1.29, 1.82) is 0 Å². The second-order valence-corrected chi connectivity index (χ2v) is 6.26. The third kappa shape index (κ3) is 6.52. The van der Waals surface area contributed by atoms with E-state index in [0.29, 0.717) is 0 Å². The van der Waals surface area contributed by atoms with Crippen LogP contribution in [-0.4, -0.2) is 47.6 Å². The molecule has 1 nitrogen and oxygen atoms in total. The summed E-state index contributed by atoms with van der Waals surface area (Å²) in [5, 5.41) is 3.26. The number of hydrogen-bond donors (Lipinski definition) is 1. The average Bonchev–Trinajstić information content (AvgIpc) is 2.24. The largest absolute Gasteiger partial charge is 0.315 e. The van der Waals surface area contributed by atoms with Crippen LogP contribution in [0, 0.1) is 0 Å². The maximum Gasteiger partial charge on any atom is 0.00585 e. The third-order valence-corrected chi connectivity index (χ3v) is 5.06. The molecule has 2 rings (SSSR count). The van der Waals surface area contributed by atoms with Gasteiger partial charge in [0.05, 0.1) is 0 Å². The van der Waals surface area contributed by atoms with E-state index in [4.69, 9.17) is 0 Å². The second-order valence-electron chi connectivity index (χ2n) is 2.59. The van der Waals surface area contributed by atoms with E-state index in [2.05, 4.69) is 28.8 Å². The molecule has 12 heavy (non-hydrogen) atoms. The first kappa shape index (κ1) is 11.1. The average molecular weight is 223 g/mol. The minimum absolute atomic E-state index is 1.21. The van der Waals surface area contributed by atoms with Gasteiger partial charge in [-0.2, -0.15) is 35.3 Å². The van der Waals surface area contributed by atoms with Crippen molar-refractivity contribution in [2.75, 3.05) is 47.6 Å². The molecule has 0 aromatic heterocycles. The summed E-state index contributed by atoms with van der Waals surface area (Å²) in [5.74, 6) is 8.13. The van der Waals surface area contributed by atoms with Crippen LogP contribution in [0.2, 0.25) is 0 Å². The second kappa shape index (κ2) is 8.60. The fourth-order valence-electron chi connectivity index (χ4n) is 0.956. The van der Waals surface area contributed by atoms with Gasteiger partial charge >= 0.3 is 0 Å². The highest BCUT2D eigenvalue weighted by Crippen LogP contribution is 2.14. The monoisotopic (exact) mass is 223 g/mol. The minimum Gasteiger partial charge on any atom is -0.315 e. The Morgan fingerprint density at radius 3 is 1.17 bits per heavy atom. The van der Waals surface area contributed by atoms with Crippen LogP contribution in [0.5, 0.6) is 0 Å². The lowest BCUT2D eigenvalue weighted by Gasteiger charge is -2.08. The van der Waals surface area contributed by atoms with Gasteiger partial charge in [-0.05, 0) is 0 Å². The molecule has 2 heterocycles. The molecule has 0 atom stereocenters. The zero-order valence-corrected chi connectivity index (χ0v) is 9.83. The van der Waals surface area contributed by atoms with Gasteiger partial charge in [0, 0.05) is 47.6 Å². The van der Waals surface area contributed by atoms with Gasteiger partial charge in [-0.3, -0.25) is 0 Å². The number of thioether (sulfide) groups is 3. The highest BCUT2D eigenvalue weighted by Gasteiger charge is 1.95. The van der Waals surface area contributed by atoms with Crippen molar-refractivity contribution >= 4 is 35.3 Å². The van der Waals surface area contributed by atoms with Crippen LogP contribution in [0.1, 0.15) is 0 Å². The van der Waals surface area contributed by atoms with Crippen LogP contribution in [0.3, 0.4) is 0 Å². The molecule has 0 radical (unpaired) electrons. The van der Waals surface area contributed by atoms with Crippen molar-refractivity contribution in [2.24, 2.45) is 0 Å². The van der Waals surface area contributed by atoms with E-state index in [1.807, 2.05) is 11.8 Å². The molecule has 0 bridgehead atoms. The van der Waals surface area contributed by atoms with Gasteiger partial charge in [-0.25, -0.2) is 0 Å². The first-order valence-corrected chi connectivity index (χ1v) is 7.90. The molecular weight excluding hydrogens is 206 g/mol. The maximum atomic E-state index is 3.26. The zero-order valence-electron chi connectivity index (χ0n) is 7.38. The number of hydrogen-bond acceptors (Lipinski definition) is 4. The smallest absolute Gasteiger partial charge is 0.00585 e. The van der Waals surface area contributed by atoms with Crippen molar-refractivity contribution in [1.82, 2.24) is 5.32 Å². The van der Waals surface area contributed by atoms with Gasteiger partial charge in [0.15, 0.2) is 0 Å². The molecule has 2 aliphatic heterocycles. The molecule has 0 unspecified atom stereocenters. The topological polar surface area (TPSA) is 12.0 Å². The van der Waals surface area contributed by atoms with E-state index in [-0.39, 0.29) is 0 Å². The number of nitrogens with one attached hydrogen (secondary N) is 1. The Kier molecular flexibility index (Phi) is 7.95. The van der Waals surface area contributed by atoms with Crippen LogP contribution < -0.4 is 5.32 Å². The van der Waals surface area contributed by atoms with Crippen LogP contribution in [-0.2, 0) is 0 Å². The molecule has 1 N–H and O–H groups in total. The van der Waals surface area contributed by atoms with Crippen molar-refractivity contribution < 1.29 is 0 Å². The van der Waals surface area contributed by atoms with E-state index >= 15 is 0 Å². The molecule has 2 fully saturated rings. The summed E-state index contributed by atoms with van der Waals surface area (Å²) in [5.41, 5.74) is 0. The van der Waals surface area contributed by atoms with E-state index in [9.17, 15) is 0 Å². The van der Waals surface area contributed by atoms with Crippen LogP contribution in [0.25, 0.3) is 0 Å². The van der Waals surface area contributed by atoms with Crippen LogP contribution in [0.4, 0.5) is 0 Å². The fraction of sp³-hybridized carbons (Fsp3) is 1.00. The molecule has 2 aliphatic rings. The van der Waals surface area contributed by atoms with E-state index in [1.165, 1.54) is 47.6 Å². The molecular formula is C8H17NS3. The zero-order chi connectivity index (χ0) is 8.49. The Bertz CT molecular complexity index is 57.3. The third-order valence-electron chi connectivity index (χ3n) is 1.59. The van der Waals surface area contributed by atoms with Crippen molar-refractivity contribution in [3.8, 4) is 0 Å². The summed E-state index contributed by atoms with van der Waals surface area (Å²) < 4.78 is 0. The van der Waals surface area contributed by atoms with Crippen molar-refractivity contribution in [2.45, 2.75) is 0 Å². The first-order valence-electron chi connectivity index (χ1n) is 4.44. The van der Waals surface area contributed by atoms with Gasteiger partial charge in [0.1, 0.15) is 0 Å². The molecule has 0 aromatic rings. The van der Waals surface area contributed by atoms with Gasteiger partial charge in [0.25, 0.3) is 0 Å². The Morgan fingerprint density at radius 1 is 0.583 bits per heavy atom. The molecule has 0 spiro atoms. The molecule has 0 amide bonds. The predicted molar refractivity (Wildman–Crippen MR) is 64.8 cm³/mol. The van der Waals surface area contributed by atoms with E-state index < -0.39 is 0 Å². The molecule has 2 saturated heterocycles.